The van der Waals surface area contributed by atoms with Gasteiger partial charge in [0.05, 0.1) is 17.3 Å². The Bertz CT molecular complexity index is 1270. The van der Waals surface area contributed by atoms with Crippen LogP contribution in [0.15, 0.2) is 72.8 Å². The average molecular weight is 470 g/mol. The van der Waals surface area contributed by atoms with Gasteiger partial charge in [-0.05, 0) is 47.5 Å². The zero-order valence-corrected chi connectivity index (χ0v) is 18.7. The molecule has 0 bridgehead atoms. The lowest BCUT2D eigenvalue weighted by Gasteiger charge is -2.29. The van der Waals surface area contributed by atoms with Crippen molar-refractivity contribution in [3.8, 4) is 28.7 Å². The molecule has 0 unspecified atom stereocenters. The van der Waals surface area contributed by atoms with Crippen LogP contribution in [-0.2, 0) is 14.4 Å². The van der Waals surface area contributed by atoms with Gasteiger partial charge in [0.2, 0.25) is 5.91 Å². The predicted octanol–water partition coefficient (Wildman–Crippen LogP) is 2.57. The van der Waals surface area contributed by atoms with Crippen LogP contribution in [0, 0.1) is 11.3 Å². The van der Waals surface area contributed by atoms with Crippen molar-refractivity contribution >= 4 is 23.4 Å². The molecule has 35 heavy (non-hydrogen) atoms. The molecule has 9 heteroatoms. The lowest BCUT2D eigenvalue weighted by Crippen LogP contribution is -2.46. The van der Waals surface area contributed by atoms with Gasteiger partial charge in [0.25, 0.3) is 11.8 Å². The molecule has 0 atom stereocenters. The quantitative estimate of drug-likeness (QED) is 0.512. The largest absolute Gasteiger partial charge is 0.484 e. The van der Waals surface area contributed by atoms with Crippen LogP contribution >= 0.6 is 0 Å². The highest BCUT2D eigenvalue weighted by molar-refractivity contribution is 5.98. The first kappa shape index (κ1) is 23.3. The molecule has 0 aliphatic carbocycles. The van der Waals surface area contributed by atoms with Crippen LogP contribution in [0.3, 0.4) is 0 Å². The molecule has 3 aromatic rings. The maximum Gasteiger partial charge on any atom is 0.276 e. The molecule has 1 aliphatic heterocycles. The zero-order chi connectivity index (χ0) is 24.6. The van der Waals surface area contributed by atoms with Gasteiger partial charge in [-0.15, -0.1) is 0 Å². The van der Waals surface area contributed by atoms with Crippen molar-refractivity contribution in [2.75, 3.05) is 24.7 Å². The zero-order valence-electron chi connectivity index (χ0n) is 18.7. The first-order valence-corrected chi connectivity index (χ1v) is 10.9. The Morgan fingerprint density at radius 1 is 0.943 bits per heavy atom. The lowest BCUT2D eigenvalue weighted by atomic mass is 10.0. The second kappa shape index (κ2) is 10.9. The Balaban J connectivity index is 1.20. The molecule has 0 saturated carbocycles. The van der Waals surface area contributed by atoms with Crippen LogP contribution < -0.4 is 25.2 Å². The number of anilines is 1. The second-order valence-electron chi connectivity index (χ2n) is 7.65. The Kier molecular flexibility index (Phi) is 7.23. The van der Waals surface area contributed by atoms with Crippen molar-refractivity contribution in [1.82, 2.24) is 10.9 Å². The smallest absolute Gasteiger partial charge is 0.276 e. The second-order valence-corrected chi connectivity index (χ2v) is 7.65. The Hall–Kier alpha value is -4.84. The lowest BCUT2D eigenvalue weighted by molar-refractivity contribution is -0.130. The van der Waals surface area contributed by atoms with Crippen LogP contribution in [0.25, 0.3) is 11.1 Å². The van der Waals surface area contributed by atoms with E-state index in [1.165, 1.54) is 4.90 Å². The van der Waals surface area contributed by atoms with Gasteiger partial charge in [0.1, 0.15) is 11.5 Å². The molecule has 4 rings (SSSR count). The number of benzene rings is 3. The number of amides is 3. The number of hydrogen-bond acceptors (Lipinski definition) is 6. The third-order valence-corrected chi connectivity index (χ3v) is 5.28. The highest BCUT2D eigenvalue weighted by atomic mass is 16.5. The van der Waals surface area contributed by atoms with Gasteiger partial charge in [-0.25, -0.2) is 0 Å². The minimum atomic E-state index is -0.526. The van der Waals surface area contributed by atoms with Gasteiger partial charge in [0.15, 0.2) is 13.2 Å². The van der Waals surface area contributed by atoms with Crippen molar-refractivity contribution in [3.05, 3.63) is 78.4 Å². The van der Waals surface area contributed by atoms with Crippen LogP contribution in [0.2, 0.25) is 0 Å². The van der Waals surface area contributed by atoms with E-state index in [1.807, 2.05) is 24.3 Å². The van der Waals surface area contributed by atoms with Crippen LogP contribution in [0.5, 0.6) is 11.5 Å². The number of carbonyl (C=O) groups is 3. The standard InChI is InChI=1S/C26H22N4O5/c27-15-18-5-7-19(8-6-18)20-9-11-21(12-10-20)34-16-25(32)29-28-24(31)13-14-30-22-3-1-2-4-23(22)35-17-26(30)33/h1-12H,13-14,16-17H2,(H,28,31)(H,29,32). The summed E-state index contributed by atoms with van der Waals surface area (Å²) in [4.78, 5) is 37.8. The molecule has 0 spiro atoms. The Labute approximate surface area is 201 Å². The number of hydrazine groups is 1. The third kappa shape index (κ3) is 5.94. The Morgan fingerprint density at radius 2 is 1.60 bits per heavy atom. The van der Waals surface area contributed by atoms with Crippen molar-refractivity contribution in [2.24, 2.45) is 0 Å². The van der Waals surface area contributed by atoms with E-state index in [2.05, 4.69) is 16.9 Å². The molecule has 2 N–H and O–H groups in total. The summed E-state index contributed by atoms with van der Waals surface area (Å²) >= 11 is 0. The molecule has 176 valence electrons. The number of carbonyl (C=O) groups excluding carboxylic acids is 3. The number of rotatable bonds is 7. The van der Waals surface area contributed by atoms with E-state index in [0.717, 1.165) is 11.1 Å². The first-order valence-electron chi connectivity index (χ1n) is 10.9. The number of nitriles is 1. The molecule has 3 amide bonds. The van der Waals surface area contributed by atoms with Gasteiger partial charge in [-0.3, -0.25) is 25.2 Å². The number of fused-ring (bicyclic) bond motifs is 1. The van der Waals surface area contributed by atoms with Gasteiger partial charge >= 0.3 is 0 Å². The normalized spacial score (nSPS) is 12.1. The summed E-state index contributed by atoms with van der Waals surface area (Å²) in [6, 6.07) is 23.6. The van der Waals surface area contributed by atoms with Crippen LogP contribution in [-0.4, -0.2) is 37.5 Å². The fraction of sp³-hybridized carbons (Fsp3) is 0.154. The maximum absolute atomic E-state index is 12.2. The minimum absolute atomic E-state index is 0.00196. The number of ether oxygens (including phenoxy) is 2. The monoisotopic (exact) mass is 470 g/mol. The summed E-state index contributed by atoms with van der Waals surface area (Å²) in [6.07, 6.45) is -0.00196. The van der Waals surface area contributed by atoms with Crippen molar-refractivity contribution in [1.29, 1.82) is 5.26 Å². The summed E-state index contributed by atoms with van der Waals surface area (Å²) in [7, 11) is 0. The van der Waals surface area contributed by atoms with Gasteiger partial charge in [-0.2, -0.15) is 5.26 Å². The van der Waals surface area contributed by atoms with Gasteiger partial charge in [-0.1, -0.05) is 36.4 Å². The minimum Gasteiger partial charge on any atom is -0.484 e. The van der Waals surface area contributed by atoms with E-state index < -0.39 is 11.8 Å². The fourth-order valence-electron chi connectivity index (χ4n) is 3.48. The SMILES string of the molecule is N#Cc1ccc(-c2ccc(OCC(=O)NNC(=O)CCN3C(=O)COc4ccccc43)cc2)cc1. The molecular weight excluding hydrogens is 448 g/mol. The van der Waals surface area contributed by atoms with E-state index in [0.29, 0.717) is 22.7 Å². The number of para-hydroxylation sites is 2. The highest BCUT2D eigenvalue weighted by Crippen LogP contribution is 2.31. The van der Waals surface area contributed by atoms with Crippen molar-refractivity contribution in [3.63, 3.8) is 0 Å². The summed E-state index contributed by atoms with van der Waals surface area (Å²) in [5, 5.41) is 8.89. The molecule has 0 aromatic heterocycles. The number of hydrogen-bond donors (Lipinski definition) is 2. The summed E-state index contributed by atoms with van der Waals surface area (Å²) in [6.45, 7) is -0.212. The summed E-state index contributed by atoms with van der Waals surface area (Å²) in [5.41, 5.74) is 7.73. The van der Waals surface area contributed by atoms with E-state index >= 15 is 0 Å². The average Bonchev–Trinajstić information content (AvgIpc) is 2.90. The van der Waals surface area contributed by atoms with E-state index in [4.69, 9.17) is 14.7 Å². The predicted molar refractivity (Wildman–Crippen MR) is 127 cm³/mol. The van der Waals surface area contributed by atoms with E-state index in [1.54, 1.807) is 48.5 Å². The molecule has 1 aliphatic rings. The first-order chi connectivity index (χ1) is 17.0. The fourth-order valence-corrected chi connectivity index (χ4v) is 3.48. The van der Waals surface area contributed by atoms with Crippen LogP contribution in [0.1, 0.15) is 12.0 Å². The van der Waals surface area contributed by atoms with Gasteiger partial charge < -0.3 is 14.4 Å². The van der Waals surface area contributed by atoms with Crippen LogP contribution in [0.4, 0.5) is 5.69 Å². The van der Waals surface area contributed by atoms with Crippen molar-refractivity contribution in [2.45, 2.75) is 6.42 Å². The molecule has 0 radical (unpaired) electrons. The van der Waals surface area contributed by atoms with Crippen molar-refractivity contribution < 1.29 is 23.9 Å². The van der Waals surface area contributed by atoms with E-state index in [9.17, 15) is 14.4 Å². The summed E-state index contributed by atoms with van der Waals surface area (Å²) in [5.74, 6) is -0.125. The van der Waals surface area contributed by atoms with Gasteiger partial charge in [0, 0.05) is 13.0 Å². The number of nitrogens with one attached hydrogen (secondary N) is 2. The van der Waals surface area contributed by atoms with E-state index in [-0.39, 0.29) is 32.1 Å². The molecular formula is C26H22N4O5. The molecule has 9 nitrogen and oxygen atoms in total. The molecule has 0 saturated heterocycles. The summed E-state index contributed by atoms with van der Waals surface area (Å²) < 4.78 is 10.8. The topological polar surface area (TPSA) is 121 Å². The highest BCUT2D eigenvalue weighted by Gasteiger charge is 2.25. The molecule has 1 heterocycles. The third-order valence-electron chi connectivity index (χ3n) is 5.28. The molecule has 0 fully saturated rings. The maximum atomic E-state index is 12.2. The molecule has 3 aromatic carbocycles. The number of nitrogens with zero attached hydrogens (tertiary/aromatic N) is 2. The Morgan fingerprint density at radius 3 is 2.31 bits per heavy atom.